The van der Waals surface area contributed by atoms with Crippen LogP contribution in [0.1, 0.15) is 31.2 Å². The molecule has 0 bridgehead atoms. The summed E-state index contributed by atoms with van der Waals surface area (Å²) in [6.07, 6.45) is 6.29. The molecule has 1 fully saturated rings. The third-order valence-electron chi connectivity index (χ3n) is 5.51. The van der Waals surface area contributed by atoms with E-state index in [-0.39, 0.29) is 5.91 Å². The van der Waals surface area contributed by atoms with Crippen molar-refractivity contribution in [1.29, 1.82) is 0 Å². The van der Waals surface area contributed by atoms with Crippen molar-refractivity contribution in [2.24, 2.45) is 9.98 Å². The lowest BCUT2D eigenvalue weighted by molar-refractivity contribution is -0.129. The highest BCUT2D eigenvalue weighted by Crippen LogP contribution is 2.33. The third kappa shape index (κ3) is 3.57. The molecule has 0 aliphatic carbocycles. The van der Waals surface area contributed by atoms with Crippen LogP contribution in [0.5, 0.6) is 0 Å². The van der Waals surface area contributed by atoms with Gasteiger partial charge in [0, 0.05) is 26.2 Å². The molecule has 150 valence electrons. The summed E-state index contributed by atoms with van der Waals surface area (Å²) < 4.78 is 1.86. The van der Waals surface area contributed by atoms with Gasteiger partial charge in [-0.2, -0.15) is 5.10 Å². The van der Waals surface area contributed by atoms with Crippen LogP contribution in [-0.4, -0.2) is 68.4 Å². The van der Waals surface area contributed by atoms with Crippen LogP contribution >= 0.6 is 11.8 Å². The number of nitrogens with zero attached hydrogens (tertiary/aromatic N) is 6. The van der Waals surface area contributed by atoms with E-state index in [4.69, 9.17) is 9.98 Å². The van der Waals surface area contributed by atoms with Crippen LogP contribution in [-0.2, 0) is 4.79 Å². The van der Waals surface area contributed by atoms with Crippen LogP contribution in [0.15, 0.2) is 46.5 Å². The van der Waals surface area contributed by atoms with E-state index in [0.717, 1.165) is 73.5 Å². The Labute approximate surface area is 174 Å². The van der Waals surface area contributed by atoms with Gasteiger partial charge in [-0.3, -0.25) is 9.79 Å². The Morgan fingerprint density at radius 1 is 1.03 bits per heavy atom. The van der Waals surface area contributed by atoms with E-state index in [1.54, 1.807) is 0 Å². The molecule has 0 N–H and O–H groups in total. The van der Waals surface area contributed by atoms with Gasteiger partial charge in [0.05, 0.1) is 23.2 Å². The van der Waals surface area contributed by atoms with Gasteiger partial charge < -0.3 is 9.80 Å². The fourth-order valence-electron chi connectivity index (χ4n) is 4.01. The largest absolute Gasteiger partial charge is 0.342 e. The first-order valence-corrected chi connectivity index (χ1v) is 11.2. The quantitative estimate of drug-likeness (QED) is 0.783. The van der Waals surface area contributed by atoms with Crippen LogP contribution < -0.4 is 0 Å². The molecule has 2 aromatic rings. The van der Waals surface area contributed by atoms with E-state index < -0.39 is 0 Å². The second-order valence-electron chi connectivity index (χ2n) is 7.46. The van der Waals surface area contributed by atoms with Crippen molar-refractivity contribution < 1.29 is 4.79 Å². The van der Waals surface area contributed by atoms with Crippen LogP contribution in [0.25, 0.3) is 5.69 Å². The predicted molar refractivity (Wildman–Crippen MR) is 116 cm³/mol. The number of aliphatic imine (C=N–C) groups is 2. The molecule has 1 aromatic heterocycles. The van der Waals surface area contributed by atoms with E-state index in [0.29, 0.717) is 5.75 Å². The first-order valence-electron chi connectivity index (χ1n) is 10.3. The molecule has 0 spiro atoms. The number of carbonyl (C=O) groups is 1. The zero-order valence-corrected chi connectivity index (χ0v) is 17.1. The molecule has 0 saturated carbocycles. The molecule has 0 atom stereocenters. The number of amides is 1. The maximum absolute atomic E-state index is 12.7. The molecule has 0 radical (unpaired) electrons. The molecule has 1 amide bonds. The van der Waals surface area contributed by atoms with Gasteiger partial charge in [-0.15, -0.1) is 0 Å². The first-order chi connectivity index (χ1) is 14.3. The number of para-hydroxylation sites is 1. The Balaban J connectivity index is 1.44. The first kappa shape index (κ1) is 18.4. The molecule has 5 rings (SSSR count). The maximum atomic E-state index is 12.7. The van der Waals surface area contributed by atoms with Gasteiger partial charge in [0.15, 0.2) is 11.0 Å². The minimum Gasteiger partial charge on any atom is -0.342 e. The molecule has 8 heteroatoms. The lowest BCUT2D eigenvalue weighted by atomic mass is 10.1. The Morgan fingerprint density at radius 2 is 1.86 bits per heavy atom. The molecule has 29 heavy (non-hydrogen) atoms. The molecule has 4 heterocycles. The predicted octanol–water partition coefficient (Wildman–Crippen LogP) is 3.07. The normalized spacial score (nSPS) is 18.6. The number of amidine groups is 2. The van der Waals surface area contributed by atoms with E-state index in [9.17, 15) is 4.79 Å². The van der Waals surface area contributed by atoms with Crippen molar-refractivity contribution in [3.05, 3.63) is 42.1 Å². The van der Waals surface area contributed by atoms with Crippen LogP contribution in [0, 0.1) is 0 Å². The standard InChI is InChI=1S/C21H24N6OS/c28-18(25-11-5-2-6-12-25)15-29-21-24-20-17(19-22-10-7-13-26(19)21)14-23-27(20)16-8-3-1-4-9-16/h1,3-4,8-9,14H,2,5-7,10-13,15H2. The van der Waals surface area contributed by atoms with Gasteiger partial charge in [-0.05, 0) is 37.8 Å². The molecule has 1 saturated heterocycles. The molecule has 3 aliphatic rings. The van der Waals surface area contributed by atoms with E-state index in [2.05, 4.69) is 10.00 Å². The molecule has 7 nitrogen and oxygen atoms in total. The monoisotopic (exact) mass is 408 g/mol. The topological polar surface area (TPSA) is 66.1 Å². The van der Waals surface area contributed by atoms with E-state index in [1.807, 2.05) is 46.1 Å². The summed E-state index contributed by atoms with van der Waals surface area (Å²) in [5.74, 6) is 2.34. The highest BCUT2D eigenvalue weighted by Gasteiger charge is 2.32. The molecule has 0 unspecified atom stereocenters. The van der Waals surface area contributed by atoms with Crippen molar-refractivity contribution in [2.45, 2.75) is 25.7 Å². The average Bonchev–Trinajstić information content (AvgIpc) is 3.22. The summed E-state index contributed by atoms with van der Waals surface area (Å²) in [5.41, 5.74) is 1.93. The highest BCUT2D eigenvalue weighted by atomic mass is 32.2. The number of likely N-dealkylation sites (tertiary alicyclic amines) is 1. The highest BCUT2D eigenvalue weighted by molar-refractivity contribution is 8.14. The van der Waals surface area contributed by atoms with Gasteiger partial charge in [0.25, 0.3) is 0 Å². The molecular formula is C21H24N6OS. The van der Waals surface area contributed by atoms with Crippen molar-refractivity contribution in [2.75, 3.05) is 31.9 Å². The minimum absolute atomic E-state index is 0.204. The number of benzene rings is 1. The summed E-state index contributed by atoms with van der Waals surface area (Å²) in [4.78, 5) is 26.5. The van der Waals surface area contributed by atoms with Gasteiger partial charge in [-0.1, -0.05) is 30.0 Å². The Bertz CT molecular complexity index is 961. The van der Waals surface area contributed by atoms with Gasteiger partial charge in [0.1, 0.15) is 5.84 Å². The number of thioether (sulfide) groups is 1. The van der Waals surface area contributed by atoms with Gasteiger partial charge in [-0.25, -0.2) is 9.67 Å². The number of aromatic nitrogens is 2. The summed E-state index contributed by atoms with van der Waals surface area (Å²) in [6.45, 7) is 3.45. The lowest BCUT2D eigenvalue weighted by Crippen LogP contribution is -2.43. The number of fused-ring (bicyclic) bond motifs is 3. The number of rotatable bonds is 3. The molecule has 1 aromatic carbocycles. The van der Waals surface area contributed by atoms with E-state index >= 15 is 0 Å². The summed E-state index contributed by atoms with van der Waals surface area (Å²) in [5, 5.41) is 5.43. The van der Waals surface area contributed by atoms with Crippen molar-refractivity contribution in [3.8, 4) is 5.69 Å². The molecular weight excluding hydrogens is 384 g/mol. The summed E-state index contributed by atoms with van der Waals surface area (Å²) >= 11 is 1.52. The summed E-state index contributed by atoms with van der Waals surface area (Å²) in [6, 6.07) is 10.0. The number of piperidine rings is 1. The van der Waals surface area contributed by atoms with Crippen LogP contribution in [0.4, 0.5) is 5.82 Å². The second-order valence-corrected chi connectivity index (χ2v) is 8.41. The van der Waals surface area contributed by atoms with E-state index in [1.165, 1.54) is 18.2 Å². The van der Waals surface area contributed by atoms with Crippen molar-refractivity contribution in [1.82, 2.24) is 19.6 Å². The van der Waals surface area contributed by atoms with Gasteiger partial charge in [0.2, 0.25) is 5.91 Å². The average molecular weight is 409 g/mol. The van der Waals surface area contributed by atoms with Crippen LogP contribution in [0.2, 0.25) is 0 Å². The van der Waals surface area contributed by atoms with Crippen molar-refractivity contribution in [3.63, 3.8) is 0 Å². The zero-order chi connectivity index (χ0) is 19.6. The van der Waals surface area contributed by atoms with Gasteiger partial charge >= 0.3 is 0 Å². The summed E-state index contributed by atoms with van der Waals surface area (Å²) in [7, 11) is 0. The fourth-order valence-corrected chi connectivity index (χ4v) is 4.93. The lowest BCUT2D eigenvalue weighted by Gasteiger charge is -2.33. The molecule has 3 aliphatic heterocycles. The zero-order valence-electron chi connectivity index (χ0n) is 16.3. The third-order valence-corrected chi connectivity index (χ3v) is 6.47. The smallest absolute Gasteiger partial charge is 0.233 e. The Morgan fingerprint density at radius 3 is 2.69 bits per heavy atom. The SMILES string of the molecule is O=C(CSC1=Nc2c(cnn2-c2ccccc2)C2=NCCCN12)N1CCCCC1. The fraction of sp³-hybridized carbons (Fsp3) is 0.429. The number of carbonyl (C=O) groups excluding carboxylic acids is 1. The maximum Gasteiger partial charge on any atom is 0.233 e. The van der Waals surface area contributed by atoms with Crippen molar-refractivity contribution >= 4 is 34.5 Å². The second kappa shape index (κ2) is 8.02. The number of hydrogen-bond donors (Lipinski definition) is 0. The minimum atomic E-state index is 0.204. The number of hydrogen-bond acceptors (Lipinski definition) is 6. The Hall–Kier alpha value is -2.61. The van der Waals surface area contributed by atoms with Crippen LogP contribution in [0.3, 0.4) is 0 Å². The Kier molecular flexibility index (Phi) is 5.10.